The normalized spacial score (nSPS) is 14.9. The van der Waals surface area contributed by atoms with Crippen LogP contribution in [0.2, 0.25) is 0 Å². The monoisotopic (exact) mass is 321 g/mol. The standard InChI is InChI=1S/C18H24ClNS/c1-5-18(13-19,14-9-7-6-8-10-14)11-16-20-15(12-21-16)17(2,3)4/h6-10,12H,5,11,13H2,1-4H3. The summed E-state index contributed by atoms with van der Waals surface area (Å²) in [5.74, 6) is 0.623. The molecule has 0 radical (unpaired) electrons. The van der Waals surface area contributed by atoms with E-state index in [9.17, 15) is 0 Å². The van der Waals surface area contributed by atoms with E-state index in [1.54, 1.807) is 11.3 Å². The third kappa shape index (κ3) is 3.67. The van der Waals surface area contributed by atoms with Gasteiger partial charge in [0.05, 0.1) is 10.7 Å². The number of halogens is 1. The predicted molar refractivity (Wildman–Crippen MR) is 93.6 cm³/mol. The van der Waals surface area contributed by atoms with E-state index in [0.29, 0.717) is 5.88 Å². The maximum Gasteiger partial charge on any atom is 0.0937 e. The third-order valence-corrected chi connectivity index (χ3v) is 5.49. The van der Waals surface area contributed by atoms with Crippen molar-refractivity contribution >= 4 is 22.9 Å². The highest BCUT2D eigenvalue weighted by Crippen LogP contribution is 2.35. The average Bonchev–Trinajstić information content (AvgIpc) is 2.94. The Morgan fingerprint density at radius 3 is 2.29 bits per heavy atom. The van der Waals surface area contributed by atoms with E-state index < -0.39 is 0 Å². The topological polar surface area (TPSA) is 12.9 Å². The van der Waals surface area contributed by atoms with Gasteiger partial charge in [0.25, 0.3) is 0 Å². The number of rotatable bonds is 5. The number of aromatic nitrogens is 1. The van der Waals surface area contributed by atoms with Crippen molar-refractivity contribution in [3.05, 3.63) is 52.0 Å². The molecule has 0 fully saturated rings. The SMILES string of the molecule is CCC(CCl)(Cc1nc(C(C)(C)C)cs1)c1ccccc1. The minimum absolute atomic E-state index is 0.0180. The lowest BCUT2D eigenvalue weighted by Crippen LogP contribution is -2.30. The molecule has 2 aromatic rings. The molecular weight excluding hydrogens is 298 g/mol. The number of hydrogen-bond acceptors (Lipinski definition) is 2. The van der Waals surface area contributed by atoms with Gasteiger partial charge in [-0.2, -0.15) is 0 Å². The maximum atomic E-state index is 6.38. The fraction of sp³-hybridized carbons (Fsp3) is 0.500. The molecule has 0 aliphatic heterocycles. The van der Waals surface area contributed by atoms with Crippen LogP contribution >= 0.6 is 22.9 Å². The molecule has 0 saturated heterocycles. The van der Waals surface area contributed by atoms with E-state index in [4.69, 9.17) is 16.6 Å². The van der Waals surface area contributed by atoms with E-state index in [0.717, 1.165) is 12.8 Å². The fourth-order valence-corrected chi connectivity index (χ4v) is 4.07. The molecule has 0 amide bonds. The molecule has 114 valence electrons. The van der Waals surface area contributed by atoms with E-state index in [-0.39, 0.29) is 10.8 Å². The molecule has 1 heterocycles. The van der Waals surface area contributed by atoms with Crippen LogP contribution in [0.5, 0.6) is 0 Å². The van der Waals surface area contributed by atoms with Gasteiger partial charge in [0.15, 0.2) is 0 Å². The van der Waals surface area contributed by atoms with Gasteiger partial charge in [-0.3, -0.25) is 0 Å². The van der Waals surface area contributed by atoms with Crippen LogP contribution in [-0.2, 0) is 17.3 Å². The highest BCUT2D eigenvalue weighted by molar-refractivity contribution is 7.09. The zero-order chi connectivity index (χ0) is 15.5. The average molecular weight is 322 g/mol. The Bertz CT molecular complexity index is 564. The highest BCUT2D eigenvalue weighted by Gasteiger charge is 2.31. The Kier molecular flexibility index (Phi) is 5.11. The molecule has 1 aromatic carbocycles. The molecular formula is C18H24ClNS. The minimum Gasteiger partial charge on any atom is -0.246 e. The Morgan fingerprint density at radius 1 is 1.14 bits per heavy atom. The summed E-state index contributed by atoms with van der Waals surface area (Å²) in [4.78, 5) is 4.85. The van der Waals surface area contributed by atoms with Crippen LogP contribution in [0.25, 0.3) is 0 Å². The van der Waals surface area contributed by atoms with Crippen molar-refractivity contribution in [1.82, 2.24) is 4.98 Å². The van der Waals surface area contributed by atoms with E-state index in [1.807, 2.05) is 0 Å². The lowest BCUT2D eigenvalue weighted by Gasteiger charge is -2.30. The van der Waals surface area contributed by atoms with Crippen molar-refractivity contribution in [3.8, 4) is 0 Å². The second-order valence-electron chi connectivity index (χ2n) is 6.69. The number of benzene rings is 1. The first kappa shape index (κ1) is 16.5. The van der Waals surface area contributed by atoms with Gasteiger partial charge < -0.3 is 0 Å². The van der Waals surface area contributed by atoms with Crippen molar-refractivity contribution in [2.24, 2.45) is 0 Å². The van der Waals surface area contributed by atoms with Crippen LogP contribution in [0, 0.1) is 0 Å². The van der Waals surface area contributed by atoms with Crippen molar-refractivity contribution < 1.29 is 0 Å². The second-order valence-corrected chi connectivity index (χ2v) is 7.90. The van der Waals surface area contributed by atoms with Gasteiger partial charge in [-0.1, -0.05) is 58.0 Å². The molecule has 2 rings (SSSR count). The molecule has 1 atom stereocenters. The third-order valence-electron chi connectivity index (χ3n) is 4.13. The summed E-state index contributed by atoms with van der Waals surface area (Å²) in [6.07, 6.45) is 1.93. The molecule has 0 aliphatic carbocycles. The summed E-state index contributed by atoms with van der Waals surface area (Å²) < 4.78 is 0. The largest absolute Gasteiger partial charge is 0.246 e. The van der Waals surface area contributed by atoms with Crippen molar-refractivity contribution in [2.45, 2.75) is 51.4 Å². The Hall–Kier alpha value is -0.860. The molecule has 1 unspecified atom stereocenters. The Morgan fingerprint density at radius 2 is 1.81 bits per heavy atom. The first-order valence-corrected chi connectivity index (χ1v) is 8.89. The lowest BCUT2D eigenvalue weighted by atomic mass is 9.77. The zero-order valence-electron chi connectivity index (χ0n) is 13.3. The van der Waals surface area contributed by atoms with Gasteiger partial charge >= 0.3 is 0 Å². The van der Waals surface area contributed by atoms with Gasteiger partial charge in [-0.25, -0.2) is 4.98 Å². The molecule has 0 aliphatic rings. The number of hydrogen-bond donors (Lipinski definition) is 0. The first-order valence-electron chi connectivity index (χ1n) is 7.47. The molecule has 0 N–H and O–H groups in total. The summed E-state index contributed by atoms with van der Waals surface area (Å²) in [5.41, 5.74) is 2.58. The van der Waals surface area contributed by atoms with Gasteiger partial charge in [0, 0.05) is 28.5 Å². The Balaban J connectivity index is 2.31. The highest BCUT2D eigenvalue weighted by atomic mass is 35.5. The van der Waals surface area contributed by atoms with Gasteiger partial charge in [-0.15, -0.1) is 22.9 Å². The van der Waals surface area contributed by atoms with Crippen molar-refractivity contribution in [1.29, 1.82) is 0 Å². The van der Waals surface area contributed by atoms with Crippen LogP contribution in [0.4, 0.5) is 0 Å². The Labute approximate surface area is 137 Å². The molecule has 21 heavy (non-hydrogen) atoms. The van der Waals surface area contributed by atoms with E-state index in [2.05, 4.69) is 63.4 Å². The number of thiazole rings is 1. The second kappa shape index (κ2) is 6.50. The summed E-state index contributed by atoms with van der Waals surface area (Å²) in [5, 5.41) is 3.38. The van der Waals surface area contributed by atoms with Gasteiger partial charge in [0.2, 0.25) is 0 Å². The summed E-state index contributed by atoms with van der Waals surface area (Å²) >= 11 is 8.14. The van der Waals surface area contributed by atoms with Crippen molar-refractivity contribution in [2.75, 3.05) is 5.88 Å². The van der Waals surface area contributed by atoms with Crippen LogP contribution in [0.1, 0.15) is 50.4 Å². The van der Waals surface area contributed by atoms with Gasteiger partial charge in [-0.05, 0) is 12.0 Å². The van der Waals surface area contributed by atoms with Crippen molar-refractivity contribution in [3.63, 3.8) is 0 Å². The molecule has 1 nitrogen and oxygen atoms in total. The summed E-state index contributed by atoms with van der Waals surface area (Å²) in [6, 6.07) is 10.6. The molecule has 3 heteroatoms. The smallest absolute Gasteiger partial charge is 0.0937 e. The maximum absolute atomic E-state index is 6.38. The van der Waals surface area contributed by atoms with Gasteiger partial charge in [0.1, 0.15) is 0 Å². The summed E-state index contributed by atoms with van der Waals surface area (Å²) in [6.45, 7) is 8.83. The van der Waals surface area contributed by atoms with E-state index >= 15 is 0 Å². The quantitative estimate of drug-likeness (QED) is 0.656. The van der Waals surface area contributed by atoms with Crippen LogP contribution in [0.15, 0.2) is 35.7 Å². The fourth-order valence-electron chi connectivity index (χ4n) is 2.47. The minimum atomic E-state index is -0.0180. The zero-order valence-corrected chi connectivity index (χ0v) is 14.9. The van der Waals surface area contributed by atoms with Crippen LogP contribution in [0.3, 0.4) is 0 Å². The molecule has 1 aromatic heterocycles. The van der Waals surface area contributed by atoms with E-state index in [1.165, 1.54) is 16.3 Å². The lowest BCUT2D eigenvalue weighted by molar-refractivity contribution is 0.455. The molecule has 0 saturated carbocycles. The first-order chi connectivity index (χ1) is 9.91. The summed E-state index contributed by atoms with van der Waals surface area (Å²) in [7, 11) is 0. The number of nitrogens with zero attached hydrogens (tertiary/aromatic N) is 1. The van der Waals surface area contributed by atoms with Crippen LogP contribution in [-0.4, -0.2) is 10.9 Å². The molecule has 0 bridgehead atoms. The molecule has 0 spiro atoms. The predicted octanol–water partition coefficient (Wildman–Crippen LogP) is 5.57. The number of alkyl halides is 1. The van der Waals surface area contributed by atoms with Crippen LogP contribution < -0.4 is 0 Å².